The van der Waals surface area contributed by atoms with E-state index in [1.165, 1.54) is 23.3 Å². The Morgan fingerprint density at radius 2 is 2.29 bits per heavy atom. The van der Waals surface area contributed by atoms with E-state index >= 15 is 0 Å². The van der Waals surface area contributed by atoms with Gasteiger partial charge in [0.2, 0.25) is 0 Å². The van der Waals surface area contributed by atoms with Gasteiger partial charge in [-0.2, -0.15) is 5.26 Å². The fourth-order valence-electron chi connectivity index (χ4n) is 1.74. The smallest absolute Gasteiger partial charge is 0.343 e. The SMILES string of the molecule is COC(=O)c1c(NCCc2ccc(Br)s2)sc(C#N)c1N. The van der Waals surface area contributed by atoms with Gasteiger partial charge in [-0.1, -0.05) is 0 Å². The second-order valence-corrected chi connectivity index (χ2v) is 7.60. The molecule has 0 fully saturated rings. The molecule has 0 radical (unpaired) electrons. The van der Waals surface area contributed by atoms with E-state index in [0.29, 0.717) is 16.4 Å². The van der Waals surface area contributed by atoms with Crippen molar-refractivity contribution < 1.29 is 9.53 Å². The number of nitrogen functional groups attached to an aromatic ring is 1. The van der Waals surface area contributed by atoms with E-state index in [9.17, 15) is 4.79 Å². The molecule has 0 bridgehead atoms. The van der Waals surface area contributed by atoms with Crippen molar-refractivity contribution in [3.8, 4) is 6.07 Å². The number of hydrogen-bond donors (Lipinski definition) is 2. The van der Waals surface area contributed by atoms with Gasteiger partial charge in [-0.25, -0.2) is 4.79 Å². The second-order valence-electron chi connectivity index (χ2n) is 4.03. The molecule has 0 saturated carbocycles. The Bertz CT molecular complexity index is 703. The molecule has 0 amide bonds. The zero-order chi connectivity index (χ0) is 15.4. The summed E-state index contributed by atoms with van der Waals surface area (Å²) in [5.74, 6) is -0.536. The third-order valence-electron chi connectivity index (χ3n) is 2.72. The number of anilines is 2. The van der Waals surface area contributed by atoms with Gasteiger partial charge >= 0.3 is 5.97 Å². The Labute approximate surface area is 138 Å². The number of ether oxygens (including phenoxy) is 1. The summed E-state index contributed by atoms with van der Waals surface area (Å²) in [5, 5.41) is 12.7. The molecule has 0 saturated heterocycles. The number of hydrogen-bond acceptors (Lipinski definition) is 7. The van der Waals surface area contributed by atoms with Crippen LogP contribution in [-0.4, -0.2) is 19.6 Å². The van der Waals surface area contributed by atoms with Crippen LogP contribution in [0.15, 0.2) is 15.9 Å². The fourth-order valence-corrected chi connectivity index (χ4v) is 4.16. The van der Waals surface area contributed by atoms with Gasteiger partial charge in [0.15, 0.2) is 0 Å². The highest BCUT2D eigenvalue weighted by atomic mass is 79.9. The molecule has 5 nitrogen and oxygen atoms in total. The first-order chi connectivity index (χ1) is 10.1. The minimum atomic E-state index is -0.536. The maximum Gasteiger partial charge on any atom is 0.343 e. The first-order valence-electron chi connectivity index (χ1n) is 5.95. The molecule has 0 aliphatic carbocycles. The Hall–Kier alpha value is -1.56. The van der Waals surface area contributed by atoms with Crippen molar-refractivity contribution in [3.05, 3.63) is 31.2 Å². The molecular formula is C13H12BrN3O2S2. The summed E-state index contributed by atoms with van der Waals surface area (Å²) < 4.78 is 5.80. The van der Waals surface area contributed by atoms with E-state index in [1.807, 2.05) is 18.2 Å². The van der Waals surface area contributed by atoms with Crippen molar-refractivity contribution in [1.29, 1.82) is 5.26 Å². The molecule has 110 valence electrons. The van der Waals surface area contributed by atoms with Gasteiger partial charge in [-0.3, -0.25) is 0 Å². The van der Waals surface area contributed by atoms with Gasteiger partial charge in [-0.15, -0.1) is 22.7 Å². The lowest BCUT2D eigenvalue weighted by Crippen LogP contribution is -2.09. The summed E-state index contributed by atoms with van der Waals surface area (Å²) in [6, 6.07) is 6.03. The Morgan fingerprint density at radius 3 is 2.86 bits per heavy atom. The van der Waals surface area contributed by atoms with Crippen LogP contribution in [0.2, 0.25) is 0 Å². The second kappa shape index (κ2) is 6.93. The molecule has 8 heteroatoms. The van der Waals surface area contributed by atoms with Crippen molar-refractivity contribution in [2.75, 3.05) is 24.7 Å². The quantitative estimate of drug-likeness (QED) is 0.769. The van der Waals surface area contributed by atoms with Crippen LogP contribution in [0.5, 0.6) is 0 Å². The number of nitrogens with zero attached hydrogens (tertiary/aromatic N) is 1. The van der Waals surface area contributed by atoms with Gasteiger partial charge in [0.25, 0.3) is 0 Å². The lowest BCUT2D eigenvalue weighted by molar-refractivity contribution is 0.0603. The van der Waals surface area contributed by atoms with Gasteiger partial charge < -0.3 is 15.8 Å². The molecule has 0 aliphatic rings. The summed E-state index contributed by atoms with van der Waals surface area (Å²) in [7, 11) is 1.29. The minimum Gasteiger partial charge on any atom is -0.465 e. The van der Waals surface area contributed by atoms with Crippen LogP contribution in [-0.2, 0) is 11.2 Å². The molecule has 0 spiro atoms. The van der Waals surface area contributed by atoms with Crippen molar-refractivity contribution in [2.24, 2.45) is 0 Å². The average molecular weight is 386 g/mol. The van der Waals surface area contributed by atoms with Crippen LogP contribution >= 0.6 is 38.6 Å². The van der Waals surface area contributed by atoms with Crippen molar-refractivity contribution in [2.45, 2.75) is 6.42 Å². The molecular weight excluding hydrogens is 374 g/mol. The molecule has 0 atom stereocenters. The fraction of sp³-hybridized carbons (Fsp3) is 0.231. The van der Waals surface area contributed by atoms with Crippen LogP contribution in [0.1, 0.15) is 20.1 Å². The molecule has 2 aromatic heterocycles. The van der Waals surface area contributed by atoms with E-state index in [0.717, 1.165) is 10.2 Å². The molecule has 0 aliphatic heterocycles. The molecule has 21 heavy (non-hydrogen) atoms. The van der Waals surface area contributed by atoms with E-state index in [-0.39, 0.29) is 11.3 Å². The number of nitriles is 1. The van der Waals surface area contributed by atoms with E-state index < -0.39 is 5.97 Å². The summed E-state index contributed by atoms with van der Waals surface area (Å²) in [6.07, 6.45) is 0.816. The highest BCUT2D eigenvalue weighted by Gasteiger charge is 2.22. The number of carbonyl (C=O) groups excluding carboxylic acids is 1. The molecule has 2 rings (SSSR count). The first-order valence-corrected chi connectivity index (χ1v) is 8.38. The number of nitrogens with one attached hydrogen (secondary N) is 1. The number of esters is 1. The minimum absolute atomic E-state index is 0.177. The van der Waals surface area contributed by atoms with Gasteiger partial charge in [0.05, 0.1) is 16.6 Å². The summed E-state index contributed by atoms with van der Waals surface area (Å²) in [6.45, 7) is 0.641. The number of rotatable bonds is 5. The van der Waals surface area contributed by atoms with Crippen LogP contribution in [0.25, 0.3) is 0 Å². The Balaban J connectivity index is 2.12. The predicted molar refractivity (Wildman–Crippen MR) is 89.0 cm³/mol. The molecule has 0 unspecified atom stereocenters. The highest BCUT2D eigenvalue weighted by Crippen LogP contribution is 2.35. The first kappa shape index (κ1) is 15.8. The van der Waals surface area contributed by atoms with Crippen molar-refractivity contribution >= 4 is 55.3 Å². The van der Waals surface area contributed by atoms with E-state index in [4.69, 9.17) is 15.7 Å². The average Bonchev–Trinajstić information content (AvgIpc) is 3.02. The Kier molecular flexibility index (Phi) is 5.22. The van der Waals surface area contributed by atoms with Crippen LogP contribution < -0.4 is 11.1 Å². The normalized spacial score (nSPS) is 10.1. The molecule has 3 N–H and O–H groups in total. The largest absolute Gasteiger partial charge is 0.465 e. The predicted octanol–water partition coefficient (Wildman–Crippen LogP) is 3.47. The molecule has 2 aromatic rings. The number of methoxy groups -OCH3 is 1. The Morgan fingerprint density at radius 1 is 1.52 bits per heavy atom. The summed E-state index contributed by atoms with van der Waals surface area (Å²) in [5.41, 5.74) is 6.24. The van der Waals surface area contributed by atoms with Crippen LogP contribution in [0.3, 0.4) is 0 Å². The van der Waals surface area contributed by atoms with Gasteiger partial charge in [0, 0.05) is 11.4 Å². The van der Waals surface area contributed by atoms with E-state index in [2.05, 4.69) is 21.2 Å². The highest BCUT2D eigenvalue weighted by molar-refractivity contribution is 9.11. The lowest BCUT2D eigenvalue weighted by atomic mass is 10.2. The third-order valence-corrected chi connectivity index (χ3v) is 5.47. The number of thiophene rings is 2. The van der Waals surface area contributed by atoms with Crippen LogP contribution in [0, 0.1) is 11.3 Å². The van der Waals surface area contributed by atoms with E-state index in [1.54, 1.807) is 11.3 Å². The number of halogens is 1. The molecule has 0 aromatic carbocycles. The maximum atomic E-state index is 11.8. The lowest BCUT2D eigenvalue weighted by Gasteiger charge is -2.06. The van der Waals surface area contributed by atoms with Gasteiger partial charge in [-0.05, 0) is 34.5 Å². The van der Waals surface area contributed by atoms with Gasteiger partial charge in [0.1, 0.15) is 21.5 Å². The molecule has 2 heterocycles. The van der Waals surface area contributed by atoms with Crippen LogP contribution in [0.4, 0.5) is 10.7 Å². The number of carbonyl (C=O) groups is 1. The zero-order valence-electron chi connectivity index (χ0n) is 11.1. The summed E-state index contributed by atoms with van der Waals surface area (Å²) in [4.78, 5) is 13.3. The van der Waals surface area contributed by atoms with Crippen molar-refractivity contribution in [1.82, 2.24) is 0 Å². The monoisotopic (exact) mass is 385 g/mol. The summed E-state index contributed by atoms with van der Waals surface area (Å²) >= 11 is 6.25. The third kappa shape index (κ3) is 3.56. The number of nitrogens with two attached hydrogens (primary N) is 1. The van der Waals surface area contributed by atoms with Crippen molar-refractivity contribution in [3.63, 3.8) is 0 Å². The zero-order valence-corrected chi connectivity index (χ0v) is 14.3. The maximum absolute atomic E-state index is 11.8. The standard InChI is InChI=1S/C13H12BrN3O2S2/c1-19-13(18)10-11(16)8(6-15)21-12(10)17-5-4-7-2-3-9(14)20-7/h2-3,17H,4-5,16H2,1H3. The topological polar surface area (TPSA) is 88.1 Å².